The number of nitrogens with one attached hydrogen (secondary N) is 2. The van der Waals surface area contributed by atoms with Crippen LogP contribution in [0.3, 0.4) is 0 Å². The molecule has 1 aliphatic carbocycles. The molecule has 17 heteroatoms. The standard InChI is InChI=1S/C32H39N6O10P/c1-18(31(41)45-21-12-5-4-6-13-21)37-49(43,48-23-15-9-11-20-10-7-8-14-22(20)23)47-19(2)27-25(39)26(40)30(46-27)38-17-35-24-28(36-32(42)44-3)33-16-34-29(24)38/h7-11,14-19,21,25-27,30,39-40H,4-6,12-13H2,1-3H3,(H,37,43)(H,33,34,36,42)/t18-,19-,25-,26+,27+,30+,49?/m0/s1. The van der Waals surface area contributed by atoms with Crippen LogP contribution in [0.1, 0.15) is 52.2 Å². The maximum atomic E-state index is 14.6. The second-order valence-corrected chi connectivity index (χ2v) is 13.7. The highest BCUT2D eigenvalue weighted by molar-refractivity contribution is 7.52. The molecular weight excluding hydrogens is 659 g/mol. The van der Waals surface area contributed by atoms with Gasteiger partial charge in [-0.3, -0.25) is 19.2 Å². The summed E-state index contributed by atoms with van der Waals surface area (Å²) in [5.74, 6) is -0.307. The lowest BCUT2D eigenvalue weighted by Crippen LogP contribution is -2.41. The molecule has 0 bridgehead atoms. The lowest BCUT2D eigenvalue weighted by atomic mass is 9.98. The molecule has 2 fully saturated rings. The number of hydrogen-bond donors (Lipinski definition) is 4. The van der Waals surface area contributed by atoms with Gasteiger partial charge in [-0.25, -0.2) is 24.3 Å². The SMILES string of the molecule is COC(=O)Nc1ncnc2c1ncn2[C@@H]1O[C@H]([C@H](C)OP(=O)(N[C@@H](C)C(=O)OC2CCCCC2)Oc2cccc3ccccc23)[C@@H](O)[C@H]1O. The van der Waals surface area contributed by atoms with Crippen molar-refractivity contribution in [2.45, 2.75) is 88.7 Å². The van der Waals surface area contributed by atoms with Crippen LogP contribution in [-0.2, 0) is 28.1 Å². The van der Waals surface area contributed by atoms with E-state index in [0.29, 0.717) is 5.39 Å². The van der Waals surface area contributed by atoms with Gasteiger partial charge in [0.25, 0.3) is 0 Å². The number of carbonyl (C=O) groups is 2. The predicted molar refractivity (Wildman–Crippen MR) is 176 cm³/mol. The van der Waals surface area contributed by atoms with Gasteiger partial charge in [-0.2, -0.15) is 5.09 Å². The van der Waals surface area contributed by atoms with Gasteiger partial charge >= 0.3 is 19.8 Å². The van der Waals surface area contributed by atoms with Crippen molar-refractivity contribution in [2.75, 3.05) is 12.4 Å². The number of aliphatic hydroxyl groups is 2. The zero-order chi connectivity index (χ0) is 34.7. The van der Waals surface area contributed by atoms with Crippen molar-refractivity contribution >= 4 is 47.6 Å². The first-order valence-corrected chi connectivity index (χ1v) is 17.6. The van der Waals surface area contributed by atoms with Crippen LogP contribution >= 0.6 is 7.75 Å². The Kier molecular flexibility index (Phi) is 10.4. The Morgan fingerprint density at radius 2 is 1.78 bits per heavy atom. The highest BCUT2D eigenvalue weighted by Crippen LogP contribution is 2.49. The number of benzene rings is 2. The Bertz CT molecular complexity index is 1850. The number of aromatic nitrogens is 4. The number of nitrogens with zero attached hydrogens (tertiary/aromatic N) is 4. The molecule has 1 saturated carbocycles. The molecule has 4 aromatic rings. The van der Waals surface area contributed by atoms with Crippen molar-refractivity contribution in [1.82, 2.24) is 24.6 Å². The number of hydrogen-bond acceptors (Lipinski definition) is 13. The zero-order valence-electron chi connectivity index (χ0n) is 27.2. The summed E-state index contributed by atoms with van der Waals surface area (Å²) in [4.78, 5) is 37.4. The molecule has 262 valence electrons. The van der Waals surface area contributed by atoms with Gasteiger partial charge in [0, 0.05) is 5.39 Å². The van der Waals surface area contributed by atoms with Gasteiger partial charge in [0.2, 0.25) is 0 Å². The molecule has 1 saturated heterocycles. The number of esters is 1. The number of aliphatic hydroxyl groups excluding tert-OH is 2. The largest absolute Gasteiger partial charge is 0.461 e. The molecule has 0 spiro atoms. The van der Waals surface area contributed by atoms with Crippen molar-refractivity contribution < 1.29 is 47.6 Å². The fourth-order valence-corrected chi connectivity index (χ4v) is 7.79. The first kappa shape index (κ1) is 34.7. The smallest absolute Gasteiger partial charge is 0.459 e. The van der Waals surface area contributed by atoms with E-state index in [9.17, 15) is 24.4 Å². The lowest BCUT2D eigenvalue weighted by Gasteiger charge is -2.29. The summed E-state index contributed by atoms with van der Waals surface area (Å²) >= 11 is 0. The van der Waals surface area contributed by atoms with Crippen LogP contribution < -0.4 is 14.9 Å². The Balaban J connectivity index is 1.24. The Morgan fingerprint density at radius 1 is 1.02 bits per heavy atom. The molecule has 1 amide bonds. The summed E-state index contributed by atoms with van der Waals surface area (Å²) in [6, 6.07) is 11.5. The number of amides is 1. The Hall–Kier alpha value is -4.18. The second kappa shape index (κ2) is 14.7. The summed E-state index contributed by atoms with van der Waals surface area (Å²) in [7, 11) is -3.22. The Labute approximate surface area is 281 Å². The summed E-state index contributed by atoms with van der Waals surface area (Å²) in [5, 5.41) is 28.9. The molecule has 4 N–H and O–H groups in total. The number of rotatable bonds is 11. The molecule has 6 rings (SSSR count). The number of anilines is 1. The molecule has 2 aromatic heterocycles. The van der Waals surface area contributed by atoms with E-state index in [1.807, 2.05) is 24.3 Å². The molecule has 0 radical (unpaired) electrons. The average molecular weight is 699 g/mol. The topological polar surface area (TPSA) is 205 Å². The van der Waals surface area contributed by atoms with Gasteiger partial charge in [0.05, 0.1) is 19.5 Å². The normalized spacial score (nSPS) is 23.9. The maximum Gasteiger partial charge on any atom is 0.459 e. The summed E-state index contributed by atoms with van der Waals surface area (Å²) < 4.78 is 44.5. The minimum atomic E-state index is -4.42. The van der Waals surface area contributed by atoms with E-state index in [2.05, 4.69) is 30.1 Å². The number of fused-ring (bicyclic) bond motifs is 2. The van der Waals surface area contributed by atoms with E-state index in [4.69, 9.17) is 18.5 Å². The van der Waals surface area contributed by atoms with Crippen molar-refractivity contribution in [2.24, 2.45) is 0 Å². The van der Waals surface area contributed by atoms with Crippen molar-refractivity contribution in [3.05, 3.63) is 55.1 Å². The van der Waals surface area contributed by atoms with Crippen LogP contribution in [0.5, 0.6) is 5.75 Å². The minimum Gasteiger partial charge on any atom is -0.461 e. The molecule has 16 nitrogen and oxygen atoms in total. The minimum absolute atomic E-state index is 0.0608. The zero-order valence-corrected chi connectivity index (χ0v) is 28.1. The maximum absolute atomic E-state index is 14.6. The fraction of sp³-hybridized carbons (Fsp3) is 0.469. The quantitative estimate of drug-likeness (QED) is 0.128. The third-order valence-electron chi connectivity index (χ3n) is 8.59. The van der Waals surface area contributed by atoms with Crippen molar-refractivity contribution in [1.29, 1.82) is 0 Å². The van der Waals surface area contributed by atoms with E-state index >= 15 is 0 Å². The monoisotopic (exact) mass is 698 g/mol. The van der Waals surface area contributed by atoms with Crippen LogP contribution in [-0.4, -0.2) is 85.5 Å². The summed E-state index contributed by atoms with van der Waals surface area (Å²) in [6.07, 6.45) is -0.593. The molecule has 2 aromatic carbocycles. The highest BCUT2D eigenvalue weighted by atomic mass is 31.2. The first-order chi connectivity index (χ1) is 23.6. The number of carbonyl (C=O) groups excluding carboxylic acids is 2. The molecule has 49 heavy (non-hydrogen) atoms. The van der Waals surface area contributed by atoms with Gasteiger partial charge < -0.3 is 28.9 Å². The highest BCUT2D eigenvalue weighted by Gasteiger charge is 2.49. The van der Waals surface area contributed by atoms with Crippen LogP contribution in [0.15, 0.2) is 55.1 Å². The number of ether oxygens (including phenoxy) is 3. The van der Waals surface area contributed by atoms with E-state index in [0.717, 1.165) is 37.5 Å². The molecule has 1 aliphatic heterocycles. The summed E-state index contributed by atoms with van der Waals surface area (Å²) in [6.45, 7) is 3.01. The summed E-state index contributed by atoms with van der Waals surface area (Å²) in [5.41, 5.74) is 0.362. The van der Waals surface area contributed by atoms with Crippen LogP contribution in [0.25, 0.3) is 21.9 Å². The predicted octanol–water partition coefficient (Wildman–Crippen LogP) is 4.22. The Morgan fingerprint density at radius 3 is 2.55 bits per heavy atom. The van der Waals surface area contributed by atoms with Crippen LogP contribution in [0.4, 0.5) is 10.6 Å². The molecule has 3 heterocycles. The van der Waals surface area contributed by atoms with Crippen LogP contribution in [0, 0.1) is 0 Å². The molecule has 1 unspecified atom stereocenters. The van der Waals surface area contributed by atoms with E-state index in [1.54, 1.807) is 18.2 Å². The molecule has 2 aliphatic rings. The van der Waals surface area contributed by atoms with Crippen molar-refractivity contribution in [3.63, 3.8) is 0 Å². The van der Waals surface area contributed by atoms with Gasteiger partial charge in [-0.1, -0.05) is 42.8 Å². The van der Waals surface area contributed by atoms with Gasteiger partial charge in [0.1, 0.15) is 42.5 Å². The van der Waals surface area contributed by atoms with Gasteiger partial charge in [-0.05, 0) is 51.0 Å². The van der Waals surface area contributed by atoms with E-state index in [1.165, 1.54) is 38.2 Å². The van der Waals surface area contributed by atoms with Gasteiger partial charge in [-0.15, -0.1) is 0 Å². The van der Waals surface area contributed by atoms with Crippen LogP contribution in [0.2, 0.25) is 0 Å². The average Bonchev–Trinajstić information content (AvgIpc) is 3.65. The first-order valence-electron chi connectivity index (χ1n) is 16.0. The lowest BCUT2D eigenvalue weighted by molar-refractivity contribution is -0.152. The van der Waals surface area contributed by atoms with Crippen molar-refractivity contribution in [3.8, 4) is 5.75 Å². The van der Waals surface area contributed by atoms with E-state index < -0.39 is 56.5 Å². The van der Waals surface area contributed by atoms with E-state index in [-0.39, 0.29) is 28.8 Å². The second-order valence-electron chi connectivity index (χ2n) is 12.1. The fourth-order valence-electron chi connectivity index (χ4n) is 6.08. The number of imidazole rings is 1. The molecule has 7 atom stereocenters. The third-order valence-corrected chi connectivity index (χ3v) is 10.3. The third kappa shape index (κ3) is 7.54. The van der Waals surface area contributed by atoms with Gasteiger partial charge in [0.15, 0.2) is 23.2 Å². The number of methoxy groups -OCH3 is 1. The molecular formula is C32H39N6O10P.